The quantitative estimate of drug-likeness (QED) is 0.158. The van der Waals surface area contributed by atoms with Crippen molar-refractivity contribution in [1.82, 2.24) is 0 Å². The van der Waals surface area contributed by atoms with Crippen molar-refractivity contribution in [3.8, 4) is 11.5 Å². The van der Waals surface area contributed by atoms with Crippen LogP contribution in [0, 0.1) is 6.92 Å². The van der Waals surface area contributed by atoms with Crippen molar-refractivity contribution in [3.63, 3.8) is 0 Å². The van der Waals surface area contributed by atoms with Gasteiger partial charge in [-0.2, -0.15) is 0 Å². The Morgan fingerprint density at radius 3 is 1.83 bits per heavy atom. The van der Waals surface area contributed by atoms with E-state index in [4.69, 9.17) is 4.74 Å². The van der Waals surface area contributed by atoms with Gasteiger partial charge in [-0.15, -0.1) is 0 Å². The zero-order chi connectivity index (χ0) is 45.5. The van der Waals surface area contributed by atoms with E-state index in [9.17, 15) is 5.11 Å². The predicted octanol–water partition coefficient (Wildman–Crippen LogP) is 15.2. The highest BCUT2D eigenvalue weighted by Crippen LogP contribution is 2.43. The van der Waals surface area contributed by atoms with Crippen molar-refractivity contribution in [2.24, 2.45) is 0 Å². The Balaban J connectivity index is 0.000000859. The number of hydrogen-bond acceptors (Lipinski definition) is 4. The Morgan fingerprint density at radius 1 is 0.667 bits per heavy atom. The lowest BCUT2D eigenvalue weighted by atomic mass is 9.76. The van der Waals surface area contributed by atoms with Crippen LogP contribution in [0.25, 0.3) is 22.5 Å². The number of phenolic OH excluding ortho intramolecular Hbond substituents is 1. The number of nitrogens with zero attached hydrogens (tertiary/aromatic N) is 2. The third-order valence-electron chi connectivity index (χ3n) is 11.8. The molecule has 1 heterocycles. The maximum absolute atomic E-state index is 11.1. The first-order valence-corrected chi connectivity index (χ1v) is 22.4. The highest BCUT2D eigenvalue weighted by atomic mass is 16.5. The van der Waals surface area contributed by atoms with Crippen LogP contribution in [0.3, 0.4) is 0 Å². The number of aromatic hydroxyl groups is 1. The fourth-order valence-electron chi connectivity index (χ4n) is 7.93. The molecule has 5 aromatic carbocycles. The Labute approximate surface area is 379 Å². The molecule has 1 aliphatic heterocycles. The average Bonchev–Trinajstić information content (AvgIpc) is 3.25. The largest absolute Gasteiger partial charge is 0.507 e. The maximum atomic E-state index is 11.1. The molecule has 0 unspecified atom stereocenters. The van der Waals surface area contributed by atoms with Crippen molar-refractivity contribution in [1.29, 1.82) is 0 Å². The molecule has 0 saturated heterocycles. The average molecular weight is 837 g/mol. The van der Waals surface area contributed by atoms with Crippen molar-refractivity contribution < 1.29 is 9.84 Å². The molecule has 0 aromatic heterocycles. The second kappa shape index (κ2) is 19.8. The highest BCUT2D eigenvalue weighted by Gasteiger charge is 2.25. The van der Waals surface area contributed by atoms with Gasteiger partial charge < -0.3 is 19.6 Å². The first kappa shape index (κ1) is 46.2. The SMILES string of the molecule is C/C=C(/C=C/C1=C(c2cc(C(C)(C)C)cc(C(C)(C)C)c2)C(=C/C=C2\C=C(c3ccccc3)Oc3cc(N(C)C)ccc32)/CCC1)c1ccc(N(C)C)cc1O.Cc1ccccc1. The van der Waals surface area contributed by atoms with Crippen LogP contribution in [0.1, 0.15) is 107 Å². The molecule has 0 saturated carbocycles. The topological polar surface area (TPSA) is 35.9 Å². The van der Waals surface area contributed by atoms with Gasteiger partial charge in [0.2, 0.25) is 0 Å². The summed E-state index contributed by atoms with van der Waals surface area (Å²) in [6.07, 6.45) is 16.4. The molecule has 2 aliphatic rings. The molecular weight excluding hydrogens is 769 g/mol. The first-order chi connectivity index (χ1) is 29.9. The number of aryl methyl sites for hydroxylation is 1. The summed E-state index contributed by atoms with van der Waals surface area (Å²) in [6.45, 7) is 18.0. The Kier molecular flexibility index (Phi) is 14.6. The molecule has 0 atom stereocenters. The molecule has 7 rings (SSSR count). The molecule has 0 amide bonds. The molecule has 4 nitrogen and oxygen atoms in total. The van der Waals surface area contributed by atoms with E-state index in [0.29, 0.717) is 0 Å². The molecule has 4 heteroatoms. The van der Waals surface area contributed by atoms with Crippen LogP contribution in [0.15, 0.2) is 163 Å². The van der Waals surface area contributed by atoms with Gasteiger partial charge in [-0.1, -0.05) is 156 Å². The summed E-state index contributed by atoms with van der Waals surface area (Å²) >= 11 is 0. The van der Waals surface area contributed by atoms with Gasteiger partial charge in [0.1, 0.15) is 17.3 Å². The second-order valence-electron chi connectivity index (χ2n) is 19.2. The van der Waals surface area contributed by atoms with Gasteiger partial charge >= 0.3 is 0 Å². The van der Waals surface area contributed by atoms with E-state index in [1.165, 1.54) is 39.0 Å². The van der Waals surface area contributed by atoms with Gasteiger partial charge in [-0.25, -0.2) is 0 Å². The third kappa shape index (κ3) is 11.6. The molecule has 5 aromatic rings. The van der Waals surface area contributed by atoms with Gasteiger partial charge in [0.25, 0.3) is 0 Å². The van der Waals surface area contributed by atoms with Crippen molar-refractivity contribution in [3.05, 3.63) is 202 Å². The van der Waals surface area contributed by atoms with Gasteiger partial charge in [0.15, 0.2) is 0 Å². The van der Waals surface area contributed by atoms with Crippen LogP contribution in [-0.2, 0) is 10.8 Å². The highest BCUT2D eigenvalue weighted by molar-refractivity contribution is 5.91. The molecule has 0 radical (unpaired) electrons. The van der Waals surface area contributed by atoms with Crippen LogP contribution in [0.4, 0.5) is 11.4 Å². The minimum atomic E-state index is -0.0166. The summed E-state index contributed by atoms with van der Waals surface area (Å²) in [7, 11) is 8.10. The molecule has 0 bridgehead atoms. The van der Waals surface area contributed by atoms with E-state index < -0.39 is 0 Å². The zero-order valence-corrected chi connectivity index (χ0v) is 39.8. The molecular formula is C59H68N2O2. The van der Waals surface area contributed by atoms with Crippen LogP contribution in [0.2, 0.25) is 0 Å². The summed E-state index contributed by atoms with van der Waals surface area (Å²) in [5.41, 5.74) is 16.3. The maximum Gasteiger partial charge on any atom is 0.137 e. The standard InChI is InChI=1S/C52H60N2O2.C7H8/c1-12-35(45-27-25-43(53(8)9)33-47(45)55)21-22-37-19-16-20-38(50(37)40-29-41(51(2,3)4)32-42(30-40)52(5,6)7)23-24-39-31-48(36-17-14-13-15-18-36)56-49-34-44(54(10)11)26-28-46(39)49;1-7-5-3-2-4-6-7/h12-15,17-18,21-34,55H,16,19-20H2,1-11H3;2-6H,1H3/b22-21+,35-12-,38-23+,39-24+;. The molecule has 1 N–H and O–H groups in total. The third-order valence-corrected chi connectivity index (χ3v) is 11.8. The van der Waals surface area contributed by atoms with Gasteiger partial charge in [-0.3, -0.25) is 0 Å². The van der Waals surface area contributed by atoms with Crippen LogP contribution in [-0.4, -0.2) is 33.3 Å². The van der Waals surface area contributed by atoms with Crippen LogP contribution < -0.4 is 14.5 Å². The first-order valence-electron chi connectivity index (χ1n) is 22.4. The lowest BCUT2D eigenvalue weighted by molar-refractivity contribution is 0.474. The normalized spacial score (nSPS) is 15.7. The number of benzene rings is 5. The second-order valence-corrected chi connectivity index (χ2v) is 19.2. The van der Waals surface area contributed by atoms with Crippen molar-refractivity contribution in [2.75, 3.05) is 38.0 Å². The predicted molar refractivity (Wildman–Crippen MR) is 273 cm³/mol. The number of anilines is 2. The zero-order valence-electron chi connectivity index (χ0n) is 39.8. The van der Waals surface area contributed by atoms with Gasteiger partial charge in [-0.05, 0) is 119 Å². The monoisotopic (exact) mass is 837 g/mol. The number of fused-ring (bicyclic) bond motifs is 1. The Bertz CT molecular complexity index is 2550. The molecule has 0 spiro atoms. The smallest absolute Gasteiger partial charge is 0.137 e. The van der Waals surface area contributed by atoms with E-state index in [-0.39, 0.29) is 16.6 Å². The minimum absolute atomic E-state index is 0.0166. The number of phenols is 1. The fourth-order valence-corrected chi connectivity index (χ4v) is 7.93. The fraction of sp³-hybridized carbons (Fsp3) is 0.288. The van der Waals surface area contributed by atoms with Crippen LogP contribution in [0.5, 0.6) is 11.5 Å². The number of ether oxygens (including phenoxy) is 1. The summed E-state index contributed by atoms with van der Waals surface area (Å²) < 4.78 is 6.59. The Morgan fingerprint density at radius 2 is 1.27 bits per heavy atom. The number of allylic oxidation sites excluding steroid dienone is 11. The number of rotatable bonds is 8. The lowest BCUT2D eigenvalue weighted by Crippen LogP contribution is -2.17. The van der Waals surface area contributed by atoms with Crippen molar-refractivity contribution in [2.45, 2.75) is 85.5 Å². The minimum Gasteiger partial charge on any atom is -0.507 e. The molecule has 326 valence electrons. The van der Waals surface area contributed by atoms with E-state index in [2.05, 4.69) is 183 Å². The number of hydrogen-bond donors (Lipinski definition) is 1. The van der Waals surface area contributed by atoms with Crippen molar-refractivity contribution >= 4 is 33.9 Å². The molecule has 63 heavy (non-hydrogen) atoms. The van der Waals surface area contributed by atoms with E-state index in [1.54, 1.807) is 0 Å². The van der Waals surface area contributed by atoms with Crippen LogP contribution >= 0.6 is 0 Å². The van der Waals surface area contributed by atoms with Gasteiger partial charge in [0.05, 0.1) is 0 Å². The van der Waals surface area contributed by atoms with E-state index in [0.717, 1.165) is 70.0 Å². The van der Waals surface area contributed by atoms with Gasteiger partial charge in [0, 0.05) is 68.4 Å². The molecule has 0 fully saturated rings. The summed E-state index contributed by atoms with van der Waals surface area (Å²) in [5.74, 6) is 1.98. The lowest BCUT2D eigenvalue weighted by Gasteiger charge is -2.29. The summed E-state index contributed by atoms with van der Waals surface area (Å²) in [4.78, 5) is 4.12. The summed E-state index contributed by atoms with van der Waals surface area (Å²) in [6, 6.07) is 40.3. The molecule has 1 aliphatic carbocycles. The summed E-state index contributed by atoms with van der Waals surface area (Å²) in [5, 5.41) is 11.1. The van der Waals surface area contributed by atoms with E-state index >= 15 is 0 Å². The Hall–Kier alpha value is -6.26. The van der Waals surface area contributed by atoms with E-state index in [1.807, 2.05) is 62.3 Å².